The lowest BCUT2D eigenvalue weighted by Gasteiger charge is -2.37. The zero-order valence-electron chi connectivity index (χ0n) is 12.4. The second-order valence-electron chi connectivity index (χ2n) is 5.22. The molecular formula is C15H16BrFN2O4S. The second kappa shape index (κ2) is 6.87. The SMILES string of the molecule is OC1CN(c2c(F)cc(Br)cc2OCc2ccccc2)S(O)(O)N1. The monoisotopic (exact) mass is 418 g/mol. The summed E-state index contributed by atoms with van der Waals surface area (Å²) in [5, 5.41) is 9.62. The molecule has 130 valence electrons. The first kappa shape index (κ1) is 17.5. The lowest BCUT2D eigenvalue weighted by atomic mass is 10.2. The summed E-state index contributed by atoms with van der Waals surface area (Å²) < 4.78 is 43.9. The Hall–Kier alpha value is -1.36. The predicted molar refractivity (Wildman–Crippen MR) is 94.2 cm³/mol. The molecule has 0 radical (unpaired) electrons. The Bertz CT molecular complexity index is 735. The number of hydrogen-bond donors (Lipinski definition) is 4. The van der Waals surface area contributed by atoms with E-state index in [0.29, 0.717) is 4.47 Å². The Morgan fingerprint density at radius 1 is 1.29 bits per heavy atom. The van der Waals surface area contributed by atoms with Crippen LogP contribution in [-0.2, 0) is 6.61 Å². The van der Waals surface area contributed by atoms with Gasteiger partial charge in [0, 0.05) is 4.47 Å². The fraction of sp³-hybridized carbons (Fsp3) is 0.200. The van der Waals surface area contributed by atoms with E-state index in [1.165, 1.54) is 6.07 Å². The van der Waals surface area contributed by atoms with Gasteiger partial charge in [0.15, 0.2) is 5.82 Å². The van der Waals surface area contributed by atoms with E-state index in [1.54, 1.807) is 6.07 Å². The summed E-state index contributed by atoms with van der Waals surface area (Å²) in [6, 6.07) is 12.1. The van der Waals surface area contributed by atoms with Crippen molar-refractivity contribution in [3.05, 3.63) is 58.3 Å². The van der Waals surface area contributed by atoms with Gasteiger partial charge in [0.05, 0.1) is 6.54 Å². The minimum Gasteiger partial charge on any atom is -0.487 e. The quantitative estimate of drug-likeness (QED) is 0.608. The van der Waals surface area contributed by atoms with Gasteiger partial charge < -0.3 is 9.84 Å². The molecule has 2 aromatic rings. The molecule has 1 aliphatic heterocycles. The van der Waals surface area contributed by atoms with Gasteiger partial charge in [-0.3, -0.25) is 9.11 Å². The molecule has 1 aliphatic rings. The number of benzene rings is 2. The van der Waals surface area contributed by atoms with Gasteiger partial charge in [0.25, 0.3) is 0 Å². The zero-order chi connectivity index (χ0) is 17.3. The molecule has 1 unspecified atom stereocenters. The van der Waals surface area contributed by atoms with Gasteiger partial charge in [-0.05, 0) is 17.7 Å². The molecule has 3 rings (SSSR count). The molecule has 1 atom stereocenters. The molecule has 0 bridgehead atoms. The molecule has 24 heavy (non-hydrogen) atoms. The Kier molecular flexibility index (Phi) is 5.00. The molecule has 1 saturated heterocycles. The normalized spacial score (nSPS) is 20.9. The van der Waals surface area contributed by atoms with E-state index in [4.69, 9.17) is 4.74 Å². The first-order valence-electron chi connectivity index (χ1n) is 7.04. The Balaban J connectivity index is 1.94. The average molecular weight is 419 g/mol. The highest BCUT2D eigenvalue weighted by Crippen LogP contribution is 2.51. The maximum atomic E-state index is 14.5. The fourth-order valence-corrected chi connectivity index (χ4v) is 4.15. The lowest BCUT2D eigenvalue weighted by molar-refractivity contribution is 0.181. The largest absolute Gasteiger partial charge is 0.487 e. The number of anilines is 1. The van der Waals surface area contributed by atoms with Crippen molar-refractivity contribution in [2.75, 3.05) is 10.8 Å². The van der Waals surface area contributed by atoms with Crippen molar-refractivity contribution < 1.29 is 23.3 Å². The third kappa shape index (κ3) is 3.66. The first-order valence-corrected chi connectivity index (χ1v) is 9.33. The first-order chi connectivity index (χ1) is 11.4. The van der Waals surface area contributed by atoms with Crippen LogP contribution in [0.15, 0.2) is 46.9 Å². The standard InChI is InChI=1S/C15H16BrFN2O4S/c16-11-6-12(17)15(19-8-14(20)18-24(19,21)22)13(7-11)23-9-10-4-2-1-3-5-10/h1-7,14,18,20-22H,8-9H2. The van der Waals surface area contributed by atoms with Gasteiger partial charge in [-0.15, -0.1) is 0 Å². The van der Waals surface area contributed by atoms with Crippen molar-refractivity contribution in [1.29, 1.82) is 0 Å². The zero-order valence-corrected chi connectivity index (χ0v) is 14.8. The van der Waals surface area contributed by atoms with Crippen molar-refractivity contribution in [2.45, 2.75) is 12.8 Å². The summed E-state index contributed by atoms with van der Waals surface area (Å²) >= 11 is 3.20. The van der Waals surface area contributed by atoms with Gasteiger partial charge in [-0.2, -0.15) is 4.72 Å². The predicted octanol–water partition coefficient (Wildman–Crippen LogP) is 3.48. The number of aliphatic hydroxyl groups excluding tert-OH is 1. The Morgan fingerprint density at radius 2 is 2.00 bits per heavy atom. The maximum absolute atomic E-state index is 14.5. The van der Waals surface area contributed by atoms with Crippen LogP contribution in [0.5, 0.6) is 5.75 Å². The van der Waals surface area contributed by atoms with Gasteiger partial charge in [-0.1, -0.05) is 57.2 Å². The summed E-state index contributed by atoms with van der Waals surface area (Å²) in [7, 11) is -3.53. The Labute approximate surface area is 148 Å². The minimum atomic E-state index is -3.53. The van der Waals surface area contributed by atoms with Crippen LogP contribution in [0.1, 0.15) is 5.56 Å². The summed E-state index contributed by atoms with van der Waals surface area (Å²) in [5.41, 5.74) is 0.771. The van der Waals surface area contributed by atoms with E-state index in [0.717, 1.165) is 9.87 Å². The van der Waals surface area contributed by atoms with Crippen molar-refractivity contribution in [3.8, 4) is 5.75 Å². The van der Waals surface area contributed by atoms with Gasteiger partial charge in [0.2, 0.25) is 0 Å². The van der Waals surface area contributed by atoms with Crippen LogP contribution in [0.3, 0.4) is 0 Å². The number of nitrogens with one attached hydrogen (secondary N) is 1. The summed E-state index contributed by atoms with van der Waals surface area (Å²) in [6.07, 6.45) is -1.18. The third-order valence-electron chi connectivity index (χ3n) is 3.42. The highest BCUT2D eigenvalue weighted by molar-refractivity contribution is 9.10. The third-order valence-corrected chi connectivity index (χ3v) is 5.41. The van der Waals surface area contributed by atoms with Crippen LogP contribution < -0.4 is 13.8 Å². The van der Waals surface area contributed by atoms with Crippen molar-refractivity contribution in [1.82, 2.24) is 4.72 Å². The molecule has 0 aromatic heterocycles. The molecule has 0 aliphatic carbocycles. The van der Waals surface area contributed by atoms with Crippen LogP contribution in [0.4, 0.5) is 10.1 Å². The second-order valence-corrected chi connectivity index (χ2v) is 7.85. The molecule has 2 aromatic carbocycles. The van der Waals surface area contributed by atoms with Gasteiger partial charge in [-0.25, -0.2) is 8.70 Å². The van der Waals surface area contributed by atoms with E-state index < -0.39 is 23.0 Å². The summed E-state index contributed by atoms with van der Waals surface area (Å²) in [6.45, 7) is 0.00925. The van der Waals surface area contributed by atoms with Crippen molar-refractivity contribution >= 4 is 32.6 Å². The molecule has 9 heteroatoms. The maximum Gasteiger partial charge on any atom is 0.153 e. The molecule has 6 nitrogen and oxygen atoms in total. The van der Waals surface area contributed by atoms with E-state index in [2.05, 4.69) is 20.7 Å². The summed E-state index contributed by atoms with van der Waals surface area (Å²) in [5.74, 6) is -0.551. The molecule has 1 fully saturated rings. The van der Waals surface area contributed by atoms with Gasteiger partial charge in [0.1, 0.15) is 24.3 Å². The number of ether oxygens (including phenoxy) is 1. The fourth-order valence-electron chi connectivity index (χ4n) is 2.39. The molecule has 0 spiro atoms. The van der Waals surface area contributed by atoms with Crippen LogP contribution in [0, 0.1) is 5.82 Å². The molecule has 4 N–H and O–H groups in total. The average Bonchev–Trinajstić information content (AvgIpc) is 2.78. The molecule has 0 amide bonds. The van der Waals surface area contributed by atoms with Crippen LogP contribution >= 0.6 is 26.9 Å². The highest BCUT2D eigenvalue weighted by atomic mass is 79.9. The topological polar surface area (TPSA) is 85.2 Å². The summed E-state index contributed by atoms with van der Waals surface area (Å²) in [4.78, 5) is 0. The smallest absolute Gasteiger partial charge is 0.153 e. The number of rotatable bonds is 4. The van der Waals surface area contributed by atoms with E-state index in [9.17, 15) is 18.6 Å². The molecule has 0 saturated carbocycles. The number of halogens is 2. The van der Waals surface area contributed by atoms with Crippen LogP contribution in [0.2, 0.25) is 0 Å². The number of nitrogens with zero attached hydrogens (tertiary/aromatic N) is 1. The van der Waals surface area contributed by atoms with E-state index in [-0.39, 0.29) is 24.6 Å². The lowest BCUT2D eigenvalue weighted by Crippen LogP contribution is -2.26. The highest BCUT2D eigenvalue weighted by Gasteiger charge is 2.38. The minimum absolute atomic E-state index is 0.113. The Morgan fingerprint density at radius 3 is 2.62 bits per heavy atom. The van der Waals surface area contributed by atoms with E-state index in [1.807, 2.05) is 30.3 Å². The van der Waals surface area contributed by atoms with Crippen molar-refractivity contribution in [3.63, 3.8) is 0 Å². The number of β-amino-alcohol motifs (C(OH)–C–C–N with tert-alkyl or cyclic N) is 1. The molecular weight excluding hydrogens is 403 g/mol. The number of aliphatic hydroxyl groups is 1. The van der Waals surface area contributed by atoms with Gasteiger partial charge >= 0.3 is 0 Å². The number of hydrogen-bond acceptors (Lipinski definition) is 6. The van der Waals surface area contributed by atoms with Crippen LogP contribution in [0.25, 0.3) is 0 Å². The van der Waals surface area contributed by atoms with E-state index >= 15 is 0 Å². The molecule has 1 heterocycles. The van der Waals surface area contributed by atoms with Crippen molar-refractivity contribution in [2.24, 2.45) is 0 Å². The van der Waals surface area contributed by atoms with Crippen LogP contribution in [-0.4, -0.2) is 27.0 Å².